The Labute approximate surface area is 209 Å². The summed E-state index contributed by atoms with van der Waals surface area (Å²) in [7, 11) is 1.48. The first kappa shape index (κ1) is 25.1. The number of carbonyl (C=O) groups is 3. The molecule has 174 valence electrons. The Morgan fingerprint density at radius 3 is 2.55 bits per heavy atom. The van der Waals surface area contributed by atoms with Gasteiger partial charge in [-0.25, -0.2) is 0 Å². The highest BCUT2D eigenvalue weighted by Gasteiger charge is 2.36. The van der Waals surface area contributed by atoms with Crippen LogP contribution in [0.2, 0.25) is 5.02 Å². The maximum atomic E-state index is 12.6. The van der Waals surface area contributed by atoms with Crippen LogP contribution in [0, 0.1) is 0 Å². The molecule has 1 fully saturated rings. The molecule has 1 saturated heterocycles. The third kappa shape index (κ3) is 6.52. The molecule has 0 N–H and O–H groups in total. The van der Waals surface area contributed by atoms with E-state index in [0.29, 0.717) is 17.1 Å². The zero-order valence-electron chi connectivity index (χ0n) is 18.1. The van der Waals surface area contributed by atoms with E-state index in [1.165, 1.54) is 13.2 Å². The van der Waals surface area contributed by atoms with Crippen LogP contribution >= 0.6 is 39.3 Å². The first-order chi connectivity index (χ1) is 15.7. The van der Waals surface area contributed by atoms with Gasteiger partial charge in [0, 0.05) is 4.47 Å². The third-order valence-electron chi connectivity index (χ3n) is 4.37. The lowest BCUT2D eigenvalue weighted by molar-refractivity contribution is -0.149. The number of nitrogens with zero attached hydrogens (tertiary/aromatic N) is 1. The monoisotopic (exact) mass is 553 g/mol. The van der Waals surface area contributed by atoms with Gasteiger partial charge in [0.25, 0.3) is 11.1 Å². The van der Waals surface area contributed by atoms with E-state index in [4.69, 9.17) is 25.8 Å². The van der Waals surface area contributed by atoms with Crippen molar-refractivity contribution in [2.75, 3.05) is 13.7 Å². The summed E-state index contributed by atoms with van der Waals surface area (Å²) in [5.74, 6) is -0.476. The van der Waals surface area contributed by atoms with Gasteiger partial charge in [0.1, 0.15) is 13.2 Å². The molecule has 1 heterocycles. The largest absolute Gasteiger partial charge is 0.493 e. The topological polar surface area (TPSA) is 82.1 Å². The Bertz CT molecular complexity index is 1100. The standard InChI is InChI=1S/C23H21BrClNO6S/c1-13(2)32-20(27)11-26-22(28)19(33-23(26)29)10-15-8-17(25)21(18(9-15)30-3)31-12-14-4-6-16(24)7-5-14/h4-10,13H,11-12H2,1-3H3/b19-10+. The fraction of sp³-hybridized carbons (Fsp3) is 0.261. The zero-order chi connectivity index (χ0) is 24.1. The molecule has 10 heteroatoms. The molecular weight excluding hydrogens is 534 g/mol. The van der Waals surface area contributed by atoms with Crippen LogP contribution in [0.3, 0.4) is 0 Å². The molecule has 2 aromatic carbocycles. The number of thioether (sulfide) groups is 1. The van der Waals surface area contributed by atoms with E-state index in [-0.39, 0.29) is 22.6 Å². The summed E-state index contributed by atoms with van der Waals surface area (Å²) in [6.45, 7) is 3.23. The number of benzene rings is 2. The summed E-state index contributed by atoms with van der Waals surface area (Å²) in [6, 6.07) is 10.9. The maximum Gasteiger partial charge on any atom is 0.326 e. The second kappa shape index (κ2) is 11.1. The molecule has 0 bridgehead atoms. The minimum Gasteiger partial charge on any atom is -0.493 e. The van der Waals surface area contributed by atoms with Gasteiger partial charge in [-0.05, 0) is 67.1 Å². The third-order valence-corrected chi connectivity index (χ3v) is 6.09. The fourth-order valence-electron chi connectivity index (χ4n) is 2.92. The summed E-state index contributed by atoms with van der Waals surface area (Å²) in [5, 5.41) is -0.253. The smallest absolute Gasteiger partial charge is 0.326 e. The molecule has 7 nitrogen and oxygen atoms in total. The molecule has 2 amide bonds. The molecule has 0 atom stereocenters. The van der Waals surface area contributed by atoms with E-state index in [0.717, 1.165) is 26.7 Å². The molecule has 0 aromatic heterocycles. The van der Waals surface area contributed by atoms with Crippen molar-refractivity contribution in [1.29, 1.82) is 0 Å². The maximum absolute atomic E-state index is 12.6. The first-order valence-corrected chi connectivity index (χ1v) is 11.9. The van der Waals surface area contributed by atoms with Crippen molar-refractivity contribution in [1.82, 2.24) is 4.90 Å². The molecule has 1 aliphatic heterocycles. The Kier molecular flexibility index (Phi) is 8.45. The highest BCUT2D eigenvalue weighted by atomic mass is 79.9. The van der Waals surface area contributed by atoms with Crippen LogP contribution in [0.5, 0.6) is 11.5 Å². The van der Waals surface area contributed by atoms with Crippen LogP contribution in [0.15, 0.2) is 45.8 Å². The number of amides is 2. The average molecular weight is 555 g/mol. The van der Waals surface area contributed by atoms with Gasteiger partial charge in [-0.1, -0.05) is 39.7 Å². The normalized spacial score (nSPS) is 14.8. The van der Waals surface area contributed by atoms with Gasteiger partial charge in [-0.2, -0.15) is 0 Å². The van der Waals surface area contributed by atoms with Crippen molar-refractivity contribution in [3.8, 4) is 11.5 Å². The van der Waals surface area contributed by atoms with Crippen LogP contribution in [-0.4, -0.2) is 41.8 Å². The van der Waals surface area contributed by atoms with Crippen LogP contribution in [0.25, 0.3) is 6.08 Å². The number of rotatable bonds is 8. The van der Waals surface area contributed by atoms with Gasteiger partial charge in [0.15, 0.2) is 11.5 Å². The van der Waals surface area contributed by atoms with E-state index < -0.39 is 23.7 Å². The summed E-state index contributed by atoms with van der Waals surface area (Å²) < 4.78 is 17.3. The fourth-order valence-corrected chi connectivity index (χ4v) is 4.29. The molecular formula is C23H21BrClNO6S. The number of methoxy groups -OCH3 is 1. The van der Waals surface area contributed by atoms with Crippen molar-refractivity contribution in [3.63, 3.8) is 0 Å². The lowest BCUT2D eigenvalue weighted by Gasteiger charge is -2.14. The van der Waals surface area contributed by atoms with Crippen LogP contribution in [0.1, 0.15) is 25.0 Å². The Balaban J connectivity index is 1.77. The van der Waals surface area contributed by atoms with Gasteiger partial charge < -0.3 is 14.2 Å². The predicted octanol–water partition coefficient (Wildman–Crippen LogP) is 5.68. The number of imide groups is 1. The molecule has 1 aliphatic rings. The predicted molar refractivity (Wildman–Crippen MR) is 130 cm³/mol. The van der Waals surface area contributed by atoms with Gasteiger partial charge in [-0.3, -0.25) is 19.3 Å². The van der Waals surface area contributed by atoms with Gasteiger partial charge >= 0.3 is 5.97 Å². The molecule has 33 heavy (non-hydrogen) atoms. The minimum absolute atomic E-state index is 0.166. The van der Waals surface area contributed by atoms with Crippen molar-refractivity contribution < 1.29 is 28.6 Å². The molecule has 0 radical (unpaired) electrons. The van der Waals surface area contributed by atoms with E-state index in [1.54, 1.807) is 26.0 Å². The van der Waals surface area contributed by atoms with Crippen molar-refractivity contribution >= 4 is 62.5 Å². The molecule has 3 rings (SSSR count). The number of halogens is 2. The lowest BCUT2D eigenvalue weighted by atomic mass is 10.1. The Hall–Kier alpha value is -2.49. The Morgan fingerprint density at radius 1 is 1.21 bits per heavy atom. The number of carbonyl (C=O) groups excluding carboxylic acids is 3. The average Bonchev–Trinajstić information content (AvgIpc) is 3.00. The Morgan fingerprint density at radius 2 is 1.91 bits per heavy atom. The molecule has 0 unspecified atom stereocenters. The van der Waals surface area contributed by atoms with E-state index >= 15 is 0 Å². The van der Waals surface area contributed by atoms with Crippen molar-refractivity contribution in [2.24, 2.45) is 0 Å². The highest BCUT2D eigenvalue weighted by Crippen LogP contribution is 2.39. The molecule has 2 aromatic rings. The summed E-state index contributed by atoms with van der Waals surface area (Å²) in [6.07, 6.45) is 1.18. The van der Waals surface area contributed by atoms with Crippen LogP contribution in [0.4, 0.5) is 4.79 Å². The second-order valence-corrected chi connectivity index (χ2v) is 9.57. The number of esters is 1. The first-order valence-electron chi connectivity index (χ1n) is 9.87. The molecule has 0 spiro atoms. The zero-order valence-corrected chi connectivity index (χ0v) is 21.3. The van der Waals surface area contributed by atoms with E-state index in [1.807, 2.05) is 24.3 Å². The van der Waals surface area contributed by atoms with Gasteiger partial charge in [-0.15, -0.1) is 0 Å². The summed E-state index contributed by atoms with van der Waals surface area (Å²) in [4.78, 5) is 37.8. The van der Waals surface area contributed by atoms with Crippen LogP contribution in [-0.2, 0) is 20.9 Å². The summed E-state index contributed by atoms with van der Waals surface area (Å²) in [5.41, 5.74) is 1.49. The SMILES string of the molecule is COc1cc(/C=C2/SC(=O)N(CC(=O)OC(C)C)C2=O)cc(Cl)c1OCc1ccc(Br)cc1. The van der Waals surface area contributed by atoms with E-state index in [2.05, 4.69) is 15.9 Å². The van der Waals surface area contributed by atoms with E-state index in [9.17, 15) is 14.4 Å². The van der Waals surface area contributed by atoms with Crippen molar-refractivity contribution in [2.45, 2.75) is 26.6 Å². The molecule has 0 saturated carbocycles. The van der Waals surface area contributed by atoms with Gasteiger partial charge in [0.05, 0.1) is 23.1 Å². The second-order valence-electron chi connectivity index (χ2n) is 7.26. The minimum atomic E-state index is -0.648. The van der Waals surface area contributed by atoms with Gasteiger partial charge in [0.2, 0.25) is 0 Å². The van der Waals surface area contributed by atoms with Crippen LogP contribution < -0.4 is 9.47 Å². The quantitative estimate of drug-likeness (QED) is 0.307. The number of hydrogen-bond donors (Lipinski definition) is 0. The van der Waals surface area contributed by atoms with Crippen molar-refractivity contribution in [3.05, 3.63) is 61.9 Å². The molecule has 0 aliphatic carbocycles. The summed E-state index contributed by atoms with van der Waals surface area (Å²) >= 11 is 10.6. The number of hydrogen-bond acceptors (Lipinski definition) is 7. The highest BCUT2D eigenvalue weighted by molar-refractivity contribution is 9.10. The lowest BCUT2D eigenvalue weighted by Crippen LogP contribution is -2.35. The number of ether oxygens (including phenoxy) is 3.